The number of carbonyl (C=O) groups excluding carboxylic acids is 4. The second-order valence-electron chi connectivity index (χ2n) is 6.25. The first-order chi connectivity index (χ1) is 12.8. The second-order valence-corrected chi connectivity index (χ2v) is 7.09. The third kappa shape index (κ3) is 3.45. The molecule has 1 aromatic heterocycles. The zero-order chi connectivity index (χ0) is 19.7. The average molecular weight is 386 g/mol. The van der Waals surface area contributed by atoms with Crippen molar-refractivity contribution in [2.45, 2.75) is 33.4 Å². The summed E-state index contributed by atoms with van der Waals surface area (Å²) >= 11 is 1.22. The van der Waals surface area contributed by atoms with Crippen LogP contribution in [-0.4, -0.2) is 44.6 Å². The molecule has 0 bridgehead atoms. The molecular weight excluding hydrogens is 368 g/mol. The summed E-state index contributed by atoms with van der Waals surface area (Å²) in [6.45, 7) is 4.64. The quantitative estimate of drug-likeness (QED) is 0.582. The van der Waals surface area contributed by atoms with E-state index >= 15 is 0 Å². The number of para-hydroxylation sites is 1. The molecule has 0 spiro atoms. The van der Waals surface area contributed by atoms with Crippen LogP contribution in [0.15, 0.2) is 35.7 Å². The fourth-order valence-corrected chi connectivity index (χ4v) is 3.63. The van der Waals surface area contributed by atoms with Gasteiger partial charge in [0.05, 0.1) is 17.9 Å². The molecule has 2 heterocycles. The lowest BCUT2D eigenvalue weighted by Crippen LogP contribution is -2.37. The summed E-state index contributed by atoms with van der Waals surface area (Å²) in [6.07, 6.45) is 0. The van der Waals surface area contributed by atoms with Crippen molar-refractivity contribution in [3.63, 3.8) is 0 Å². The molecule has 140 valence electrons. The van der Waals surface area contributed by atoms with Crippen LogP contribution in [0.5, 0.6) is 0 Å². The molecule has 27 heavy (non-hydrogen) atoms. The van der Waals surface area contributed by atoms with E-state index in [1.165, 1.54) is 23.2 Å². The summed E-state index contributed by atoms with van der Waals surface area (Å²) < 4.78 is 0. The number of hydrogen-bond donors (Lipinski definition) is 0. The number of hydrogen-bond acceptors (Lipinski definition) is 6. The highest BCUT2D eigenvalue weighted by molar-refractivity contribution is 7.14. The van der Waals surface area contributed by atoms with E-state index in [-0.39, 0.29) is 12.5 Å². The molecule has 1 aromatic carbocycles. The lowest BCUT2D eigenvalue weighted by Gasteiger charge is -2.18. The van der Waals surface area contributed by atoms with Crippen LogP contribution < -0.4 is 4.90 Å². The van der Waals surface area contributed by atoms with Crippen LogP contribution in [0.1, 0.15) is 26.5 Å². The molecule has 8 nitrogen and oxygen atoms in total. The van der Waals surface area contributed by atoms with Gasteiger partial charge >= 0.3 is 17.8 Å². The Balaban J connectivity index is 1.84. The molecule has 1 fully saturated rings. The monoisotopic (exact) mass is 386 g/mol. The fourth-order valence-electron chi connectivity index (χ4n) is 2.75. The van der Waals surface area contributed by atoms with Crippen molar-refractivity contribution in [3.05, 3.63) is 41.4 Å². The van der Waals surface area contributed by atoms with Gasteiger partial charge in [-0.2, -0.15) is 0 Å². The summed E-state index contributed by atoms with van der Waals surface area (Å²) in [7, 11) is 0. The van der Waals surface area contributed by atoms with Crippen LogP contribution in [0.3, 0.4) is 0 Å². The summed E-state index contributed by atoms with van der Waals surface area (Å²) in [5.41, 5.74) is 1.10. The summed E-state index contributed by atoms with van der Waals surface area (Å²) in [5, 5.41) is 2.09. The maximum absolute atomic E-state index is 12.4. The van der Waals surface area contributed by atoms with Crippen molar-refractivity contribution in [2.24, 2.45) is 0 Å². The lowest BCUT2D eigenvalue weighted by molar-refractivity contribution is -0.144. The summed E-state index contributed by atoms with van der Waals surface area (Å²) in [4.78, 5) is 56.2. The van der Waals surface area contributed by atoms with E-state index in [1.54, 1.807) is 31.4 Å². The Kier molecular flexibility index (Phi) is 5.04. The Bertz CT molecular complexity index is 909. The fraction of sp³-hybridized carbons (Fsp3) is 0.278. The van der Waals surface area contributed by atoms with Crippen LogP contribution in [0.2, 0.25) is 0 Å². The summed E-state index contributed by atoms with van der Waals surface area (Å²) in [5.74, 6) is -1.91. The first kappa shape index (κ1) is 18.7. The van der Waals surface area contributed by atoms with Gasteiger partial charge in [0, 0.05) is 18.3 Å². The first-order valence-corrected chi connectivity index (χ1v) is 9.18. The minimum atomic E-state index is -0.866. The topological polar surface area (TPSA) is 90.9 Å². The van der Waals surface area contributed by atoms with Gasteiger partial charge in [-0.25, -0.2) is 14.7 Å². The molecule has 3 rings (SSSR count). The molecule has 0 atom stereocenters. The number of rotatable bonds is 5. The van der Waals surface area contributed by atoms with E-state index < -0.39 is 23.9 Å². The Hall–Kier alpha value is -3.07. The molecule has 1 saturated heterocycles. The van der Waals surface area contributed by atoms with Crippen LogP contribution in [-0.2, 0) is 20.9 Å². The maximum Gasteiger partial charge on any atom is 0.334 e. The van der Waals surface area contributed by atoms with Crippen molar-refractivity contribution in [3.8, 4) is 0 Å². The average Bonchev–Trinajstić information content (AvgIpc) is 3.15. The number of aromatic nitrogens is 1. The van der Waals surface area contributed by atoms with Crippen LogP contribution in [0, 0.1) is 0 Å². The number of anilines is 2. The SMILES string of the molecule is CC(=O)N(c1ccccc1)c1nc(CN2C(=O)C(=O)N(C(C)C)C2=O)cs1. The van der Waals surface area contributed by atoms with Gasteiger partial charge in [-0.3, -0.25) is 24.2 Å². The Morgan fingerprint density at radius 1 is 1.15 bits per heavy atom. The highest BCUT2D eigenvalue weighted by Gasteiger charge is 2.45. The van der Waals surface area contributed by atoms with Crippen LogP contribution >= 0.6 is 11.3 Å². The molecule has 0 aliphatic carbocycles. The molecule has 0 unspecified atom stereocenters. The third-order valence-corrected chi connectivity index (χ3v) is 4.86. The van der Waals surface area contributed by atoms with Crippen molar-refractivity contribution in [1.29, 1.82) is 0 Å². The molecule has 2 aromatic rings. The number of benzene rings is 1. The normalized spacial score (nSPS) is 14.4. The van der Waals surface area contributed by atoms with Gasteiger partial charge in [-0.15, -0.1) is 11.3 Å². The minimum Gasteiger partial charge on any atom is -0.274 e. The van der Waals surface area contributed by atoms with E-state index in [9.17, 15) is 19.2 Å². The van der Waals surface area contributed by atoms with Gasteiger partial charge in [0.15, 0.2) is 5.13 Å². The van der Waals surface area contributed by atoms with Crippen molar-refractivity contribution in [2.75, 3.05) is 4.90 Å². The molecule has 9 heteroatoms. The van der Waals surface area contributed by atoms with Gasteiger partial charge in [0.1, 0.15) is 0 Å². The Labute approximate surface area is 160 Å². The van der Waals surface area contributed by atoms with E-state index in [2.05, 4.69) is 4.98 Å². The molecular formula is C18H18N4O4S. The number of thiazole rings is 1. The van der Waals surface area contributed by atoms with Crippen LogP contribution in [0.25, 0.3) is 0 Å². The largest absolute Gasteiger partial charge is 0.334 e. The predicted octanol–water partition coefficient (Wildman–Crippen LogP) is 2.53. The molecule has 0 radical (unpaired) electrons. The smallest absolute Gasteiger partial charge is 0.274 e. The van der Waals surface area contributed by atoms with Crippen LogP contribution in [0.4, 0.5) is 15.6 Å². The van der Waals surface area contributed by atoms with Gasteiger partial charge < -0.3 is 0 Å². The van der Waals surface area contributed by atoms with E-state index in [4.69, 9.17) is 0 Å². The minimum absolute atomic E-state index is 0.121. The lowest BCUT2D eigenvalue weighted by atomic mass is 10.3. The molecule has 5 amide bonds. The van der Waals surface area contributed by atoms with Crippen molar-refractivity contribution >= 4 is 45.9 Å². The van der Waals surface area contributed by atoms with Gasteiger partial charge in [-0.1, -0.05) is 18.2 Å². The maximum atomic E-state index is 12.4. The molecule has 1 aliphatic heterocycles. The van der Waals surface area contributed by atoms with Gasteiger partial charge in [-0.05, 0) is 26.0 Å². The first-order valence-electron chi connectivity index (χ1n) is 8.30. The number of nitrogens with zero attached hydrogens (tertiary/aromatic N) is 4. The Morgan fingerprint density at radius 3 is 2.37 bits per heavy atom. The van der Waals surface area contributed by atoms with E-state index in [1.807, 2.05) is 18.2 Å². The third-order valence-electron chi connectivity index (χ3n) is 3.98. The van der Waals surface area contributed by atoms with Gasteiger partial charge in [0.25, 0.3) is 0 Å². The highest BCUT2D eigenvalue weighted by atomic mass is 32.1. The molecule has 1 aliphatic rings. The standard InChI is InChI=1S/C18H18N4O4S/c1-11(2)21-16(25)15(24)20(18(21)26)9-13-10-27-17(19-13)22(12(3)23)14-7-5-4-6-8-14/h4-8,10-11H,9H2,1-3H3. The number of amides is 5. The molecule has 0 saturated carbocycles. The summed E-state index contributed by atoms with van der Waals surface area (Å²) in [6, 6.07) is 7.99. The zero-order valence-corrected chi connectivity index (χ0v) is 15.9. The highest BCUT2D eigenvalue weighted by Crippen LogP contribution is 2.29. The van der Waals surface area contributed by atoms with E-state index in [0.717, 1.165) is 9.80 Å². The van der Waals surface area contributed by atoms with Crippen molar-refractivity contribution in [1.82, 2.24) is 14.8 Å². The number of urea groups is 1. The second kappa shape index (κ2) is 7.28. The number of imide groups is 2. The van der Waals surface area contributed by atoms with Crippen molar-refractivity contribution < 1.29 is 19.2 Å². The Morgan fingerprint density at radius 2 is 1.81 bits per heavy atom. The van der Waals surface area contributed by atoms with E-state index in [0.29, 0.717) is 16.5 Å². The molecule has 0 N–H and O–H groups in total. The zero-order valence-electron chi connectivity index (χ0n) is 15.1. The predicted molar refractivity (Wildman–Crippen MR) is 99.3 cm³/mol. The number of carbonyl (C=O) groups is 4. The van der Waals surface area contributed by atoms with Gasteiger partial charge in [0.2, 0.25) is 5.91 Å².